The van der Waals surface area contributed by atoms with Gasteiger partial charge in [0.05, 0.1) is 7.11 Å². The van der Waals surface area contributed by atoms with Gasteiger partial charge in [0.15, 0.2) is 0 Å². The molecule has 0 aliphatic carbocycles. The van der Waals surface area contributed by atoms with Crippen LogP contribution in [0.5, 0.6) is 5.75 Å². The van der Waals surface area contributed by atoms with E-state index in [1.54, 1.807) is 13.2 Å². The summed E-state index contributed by atoms with van der Waals surface area (Å²) in [5, 5.41) is 8.24. The number of thioether (sulfide) groups is 1. The number of aromatic nitrogens is 2. The normalized spacial score (nSPS) is 10.4. The first-order valence-corrected chi connectivity index (χ1v) is 8.53. The third-order valence-electron chi connectivity index (χ3n) is 3.28. The predicted molar refractivity (Wildman–Crippen MR) is 93.2 cm³/mol. The van der Waals surface area contributed by atoms with E-state index in [0.717, 1.165) is 22.9 Å². The minimum Gasteiger partial charge on any atom is -0.497 e. The maximum absolute atomic E-state index is 11.8. The van der Waals surface area contributed by atoms with Gasteiger partial charge in [0.1, 0.15) is 18.1 Å². The molecule has 0 spiro atoms. The molecule has 3 aromatic rings. The van der Waals surface area contributed by atoms with Crippen LogP contribution in [0.2, 0.25) is 0 Å². The van der Waals surface area contributed by atoms with Crippen molar-refractivity contribution < 1.29 is 18.7 Å². The fourth-order valence-electron chi connectivity index (χ4n) is 2.04. The van der Waals surface area contributed by atoms with E-state index in [4.69, 9.17) is 13.9 Å². The summed E-state index contributed by atoms with van der Waals surface area (Å²) in [4.78, 5) is 11.8. The number of esters is 1. The molecule has 0 amide bonds. The second-order valence-corrected chi connectivity index (χ2v) is 5.97. The number of methoxy groups -OCH3 is 1. The third-order valence-corrected chi connectivity index (χ3v) is 4.07. The van der Waals surface area contributed by atoms with Gasteiger partial charge < -0.3 is 13.9 Å². The number of ether oxygens (including phenoxy) is 2. The summed E-state index contributed by atoms with van der Waals surface area (Å²) in [6, 6.07) is 16.8. The van der Waals surface area contributed by atoms with Crippen LogP contribution in [-0.4, -0.2) is 29.0 Å². The average Bonchev–Trinajstić information content (AvgIpc) is 3.15. The maximum Gasteiger partial charge on any atom is 0.316 e. The van der Waals surface area contributed by atoms with Gasteiger partial charge in [0.2, 0.25) is 5.89 Å². The van der Waals surface area contributed by atoms with Gasteiger partial charge in [0, 0.05) is 5.56 Å². The molecule has 1 heterocycles. The second-order valence-electron chi connectivity index (χ2n) is 5.04. The van der Waals surface area contributed by atoms with Gasteiger partial charge in [-0.15, -0.1) is 10.2 Å². The van der Waals surface area contributed by atoms with Gasteiger partial charge in [-0.3, -0.25) is 4.79 Å². The summed E-state index contributed by atoms with van der Waals surface area (Å²) in [5.41, 5.74) is 1.70. The molecule has 0 aliphatic heterocycles. The summed E-state index contributed by atoms with van der Waals surface area (Å²) in [5.74, 6) is 0.843. The molecule has 6 nitrogen and oxygen atoms in total. The van der Waals surface area contributed by atoms with Gasteiger partial charge in [-0.05, 0) is 23.8 Å². The lowest BCUT2D eigenvalue weighted by molar-refractivity contribution is -0.141. The maximum atomic E-state index is 11.8. The molecule has 0 N–H and O–H groups in total. The Morgan fingerprint density at radius 3 is 2.76 bits per heavy atom. The lowest BCUT2D eigenvalue weighted by atomic mass is 10.2. The first-order valence-electron chi connectivity index (χ1n) is 7.55. The molecule has 0 fully saturated rings. The van der Waals surface area contributed by atoms with Crippen LogP contribution in [0.3, 0.4) is 0 Å². The Bertz CT molecular complexity index is 836. The van der Waals surface area contributed by atoms with Crippen molar-refractivity contribution in [2.75, 3.05) is 12.9 Å². The van der Waals surface area contributed by atoms with Gasteiger partial charge in [-0.25, -0.2) is 0 Å². The lowest BCUT2D eigenvalue weighted by Gasteiger charge is -2.03. The Kier molecular flexibility index (Phi) is 5.69. The number of carbonyl (C=O) groups is 1. The summed E-state index contributed by atoms with van der Waals surface area (Å²) in [7, 11) is 1.59. The summed E-state index contributed by atoms with van der Waals surface area (Å²) >= 11 is 1.14. The number of hydrogen-bond acceptors (Lipinski definition) is 7. The van der Waals surface area contributed by atoms with Crippen molar-refractivity contribution in [2.24, 2.45) is 0 Å². The first kappa shape index (κ1) is 17.0. The minimum atomic E-state index is -0.338. The number of hydrogen-bond donors (Lipinski definition) is 0. The van der Waals surface area contributed by atoms with Crippen molar-refractivity contribution in [1.82, 2.24) is 10.2 Å². The number of carbonyl (C=O) groups excluding carboxylic acids is 1. The molecule has 7 heteroatoms. The molecule has 2 aromatic carbocycles. The zero-order chi connectivity index (χ0) is 17.5. The van der Waals surface area contributed by atoms with Crippen LogP contribution in [-0.2, 0) is 16.1 Å². The van der Waals surface area contributed by atoms with E-state index >= 15 is 0 Å². The van der Waals surface area contributed by atoms with E-state index in [1.807, 2.05) is 48.5 Å². The molecule has 1 aromatic heterocycles. The minimum absolute atomic E-state index is 0.104. The smallest absolute Gasteiger partial charge is 0.316 e. The van der Waals surface area contributed by atoms with Gasteiger partial charge >= 0.3 is 5.97 Å². The van der Waals surface area contributed by atoms with Crippen molar-refractivity contribution in [1.29, 1.82) is 0 Å². The van der Waals surface area contributed by atoms with Crippen molar-refractivity contribution in [3.8, 4) is 17.2 Å². The van der Waals surface area contributed by atoms with Crippen LogP contribution >= 0.6 is 11.8 Å². The zero-order valence-electron chi connectivity index (χ0n) is 13.5. The van der Waals surface area contributed by atoms with E-state index < -0.39 is 0 Å². The number of nitrogens with zero attached hydrogens (tertiary/aromatic N) is 2. The van der Waals surface area contributed by atoms with E-state index in [9.17, 15) is 4.79 Å². The van der Waals surface area contributed by atoms with Crippen LogP contribution in [0.1, 0.15) is 5.56 Å². The Morgan fingerprint density at radius 1 is 1.12 bits per heavy atom. The quantitative estimate of drug-likeness (QED) is 0.473. The molecule has 3 rings (SSSR count). The van der Waals surface area contributed by atoms with E-state index in [-0.39, 0.29) is 18.3 Å². The molecule has 0 aliphatic rings. The van der Waals surface area contributed by atoms with Crippen LogP contribution in [0, 0.1) is 0 Å². The molecule has 0 atom stereocenters. The molecular weight excluding hydrogens is 340 g/mol. The fourth-order valence-corrected chi connectivity index (χ4v) is 2.60. The molecule has 25 heavy (non-hydrogen) atoms. The largest absolute Gasteiger partial charge is 0.497 e. The highest BCUT2D eigenvalue weighted by atomic mass is 32.2. The molecule has 0 saturated heterocycles. The Labute approximate surface area is 149 Å². The SMILES string of the molecule is COc1cccc(-c2nnc(SCC(=O)OCc3ccccc3)o2)c1. The molecular formula is C18H16N2O4S. The monoisotopic (exact) mass is 356 g/mol. The summed E-state index contributed by atoms with van der Waals surface area (Å²) < 4.78 is 15.9. The molecule has 0 unspecified atom stereocenters. The highest BCUT2D eigenvalue weighted by Crippen LogP contribution is 2.25. The highest BCUT2D eigenvalue weighted by molar-refractivity contribution is 7.99. The highest BCUT2D eigenvalue weighted by Gasteiger charge is 2.12. The lowest BCUT2D eigenvalue weighted by Crippen LogP contribution is -2.07. The van der Waals surface area contributed by atoms with Crippen molar-refractivity contribution in [3.05, 3.63) is 60.2 Å². The predicted octanol–water partition coefficient (Wildman–Crippen LogP) is 3.58. The topological polar surface area (TPSA) is 74.5 Å². The van der Waals surface area contributed by atoms with Crippen LogP contribution in [0.4, 0.5) is 0 Å². The summed E-state index contributed by atoms with van der Waals surface area (Å²) in [6.45, 7) is 0.249. The van der Waals surface area contributed by atoms with Gasteiger partial charge in [0.25, 0.3) is 5.22 Å². The van der Waals surface area contributed by atoms with Crippen LogP contribution in [0.15, 0.2) is 64.2 Å². The molecule has 0 bridgehead atoms. The number of rotatable bonds is 7. The standard InChI is InChI=1S/C18H16N2O4S/c1-22-15-9-5-8-14(10-15)17-19-20-18(24-17)25-12-16(21)23-11-13-6-3-2-4-7-13/h2-10H,11-12H2,1H3. The fraction of sp³-hybridized carbons (Fsp3) is 0.167. The third kappa shape index (κ3) is 4.84. The molecule has 128 valence electrons. The first-order chi connectivity index (χ1) is 12.2. The Hall–Kier alpha value is -2.80. The zero-order valence-corrected chi connectivity index (χ0v) is 14.4. The van der Waals surface area contributed by atoms with Crippen molar-refractivity contribution >= 4 is 17.7 Å². The van der Waals surface area contributed by atoms with E-state index in [1.165, 1.54) is 0 Å². The summed E-state index contributed by atoms with van der Waals surface area (Å²) in [6.07, 6.45) is 0. The van der Waals surface area contributed by atoms with E-state index in [2.05, 4.69) is 10.2 Å². The Balaban J connectivity index is 1.52. The second kappa shape index (κ2) is 8.34. The molecule has 0 saturated carbocycles. The molecule has 0 radical (unpaired) electrons. The average molecular weight is 356 g/mol. The van der Waals surface area contributed by atoms with Crippen molar-refractivity contribution in [2.45, 2.75) is 11.8 Å². The van der Waals surface area contributed by atoms with Crippen LogP contribution in [0.25, 0.3) is 11.5 Å². The van der Waals surface area contributed by atoms with Crippen LogP contribution < -0.4 is 4.74 Å². The van der Waals surface area contributed by atoms with Gasteiger partial charge in [-0.1, -0.05) is 48.2 Å². The van der Waals surface area contributed by atoms with Crippen molar-refractivity contribution in [3.63, 3.8) is 0 Å². The van der Waals surface area contributed by atoms with Gasteiger partial charge in [-0.2, -0.15) is 0 Å². The number of benzene rings is 2. The van der Waals surface area contributed by atoms with E-state index in [0.29, 0.717) is 16.9 Å². The Morgan fingerprint density at radius 2 is 1.96 bits per heavy atom.